The Labute approximate surface area is 162 Å². The van der Waals surface area contributed by atoms with Crippen molar-refractivity contribution in [2.45, 2.75) is 52.7 Å². The van der Waals surface area contributed by atoms with E-state index in [9.17, 15) is 14.0 Å². The Kier molecular flexibility index (Phi) is 5.59. The second-order valence-electron chi connectivity index (χ2n) is 9.23. The minimum absolute atomic E-state index is 0.00628. The van der Waals surface area contributed by atoms with Crippen LogP contribution in [0.15, 0.2) is 18.2 Å². The number of fused-ring (bicyclic) bond motifs is 1. The molecule has 4 atom stereocenters. The molecule has 0 radical (unpaired) electrons. The highest BCUT2D eigenvalue weighted by molar-refractivity contribution is 6.48. The molecule has 1 aromatic rings. The lowest BCUT2D eigenvalue weighted by Crippen LogP contribution is -2.67. The van der Waals surface area contributed by atoms with E-state index in [0.29, 0.717) is 18.6 Å². The second kappa shape index (κ2) is 7.47. The quantitative estimate of drug-likeness (QED) is 0.619. The number of carbonyl (C=O) groups excluding carboxylic acids is 2. The normalized spacial score (nSPS) is 26.4. The number of hydrogen-bond acceptors (Lipinski definition) is 3. The number of halogens is 1. The molecule has 1 heterocycles. The predicted molar refractivity (Wildman–Crippen MR) is 106 cm³/mol. The van der Waals surface area contributed by atoms with Gasteiger partial charge in [-0.15, -0.1) is 0 Å². The van der Waals surface area contributed by atoms with Crippen molar-refractivity contribution in [3.05, 3.63) is 35.1 Å². The fraction of sp³-hybridized carbons (Fsp3) is 0.619. The molecule has 0 unspecified atom stereocenters. The maximum Gasteiger partial charge on any atom is 0.225 e. The van der Waals surface area contributed by atoms with Crippen molar-refractivity contribution in [2.75, 3.05) is 6.61 Å². The number of aryl methyl sites for hydroxylation is 1. The van der Waals surface area contributed by atoms with Crippen molar-refractivity contribution in [1.82, 2.24) is 5.32 Å². The van der Waals surface area contributed by atoms with Crippen molar-refractivity contribution in [3.8, 4) is 0 Å². The lowest BCUT2D eigenvalue weighted by molar-refractivity contribution is -0.143. The number of benzene rings is 1. The molecule has 0 aromatic heterocycles. The van der Waals surface area contributed by atoms with Crippen molar-refractivity contribution in [1.29, 1.82) is 0 Å². The van der Waals surface area contributed by atoms with E-state index >= 15 is 0 Å². The standard InChI is InChI=1S/C21H30FNO3Si/c1-21(2,3)16(11-26-27(4)5)17-18(23-20(17)25)14-9-7-12-6-8-13(22)10-15(12)19(14)24/h6,8,10,14,16-18,27H,7,9,11H2,1-5H3,(H,23,25)/t14-,16-,17+,18-/m1/s1. The zero-order chi connectivity index (χ0) is 19.9. The van der Waals surface area contributed by atoms with Crippen LogP contribution in [0.5, 0.6) is 0 Å². The van der Waals surface area contributed by atoms with Crippen LogP contribution in [0.3, 0.4) is 0 Å². The van der Waals surface area contributed by atoms with Gasteiger partial charge in [0.05, 0.1) is 12.0 Å². The van der Waals surface area contributed by atoms with E-state index in [1.165, 1.54) is 12.1 Å². The molecule has 1 aromatic carbocycles. The Bertz CT molecular complexity index is 743. The summed E-state index contributed by atoms with van der Waals surface area (Å²) < 4.78 is 19.7. The minimum Gasteiger partial charge on any atom is -0.420 e. The molecule has 0 saturated carbocycles. The lowest BCUT2D eigenvalue weighted by atomic mass is 9.62. The molecule has 4 nitrogen and oxygen atoms in total. The number of amides is 1. The molecule has 1 aliphatic heterocycles. The summed E-state index contributed by atoms with van der Waals surface area (Å²) in [6.45, 7) is 11.2. The van der Waals surface area contributed by atoms with Gasteiger partial charge in [-0.3, -0.25) is 9.59 Å². The minimum atomic E-state index is -1.20. The summed E-state index contributed by atoms with van der Waals surface area (Å²) in [6.07, 6.45) is 1.43. The van der Waals surface area contributed by atoms with Crippen LogP contribution in [0.1, 0.15) is 43.1 Å². The van der Waals surface area contributed by atoms with Crippen LogP contribution < -0.4 is 5.32 Å². The largest absolute Gasteiger partial charge is 0.420 e. The Morgan fingerprint density at radius 3 is 2.59 bits per heavy atom. The Morgan fingerprint density at radius 2 is 2.00 bits per heavy atom. The highest BCUT2D eigenvalue weighted by Crippen LogP contribution is 2.42. The first-order chi connectivity index (χ1) is 12.6. The maximum atomic E-state index is 13.7. The van der Waals surface area contributed by atoms with Crippen molar-refractivity contribution in [2.24, 2.45) is 23.2 Å². The molecule has 6 heteroatoms. The molecule has 1 N–H and O–H groups in total. The van der Waals surface area contributed by atoms with Gasteiger partial charge in [0.2, 0.25) is 5.91 Å². The van der Waals surface area contributed by atoms with Gasteiger partial charge in [0, 0.05) is 18.1 Å². The number of nitrogens with one attached hydrogen (secondary N) is 1. The molecule has 1 aliphatic carbocycles. The molecule has 0 spiro atoms. The third kappa shape index (κ3) is 4.01. The van der Waals surface area contributed by atoms with Gasteiger partial charge in [-0.05, 0) is 55.0 Å². The first kappa shape index (κ1) is 20.2. The van der Waals surface area contributed by atoms with E-state index in [2.05, 4.69) is 39.2 Å². The van der Waals surface area contributed by atoms with Gasteiger partial charge in [0.1, 0.15) is 5.82 Å². The van der Waals surface area contributed by atoms with Gasteiger partial charge in [0.15, 0.2) is 14.8 Å². The monoisotopic (exact) mass is 391 g/mol. The molecule has 1 fully saturated rings. The van der Waals surface area contributed by atoms with Gasteiger partial charge in [0.25, 0.3) is 0 Å². The third-order valence-corrected chi connectivity index (χ3v) is 6.84. The molecule has 3 rings (SSSR count). The van der Waals surface area contributed by atoms with E-state index in [1.807, 2.05) is 0 Å². The number of rotatable bonds is 5. The molecule has 1 saturated heterocycles. The Hall–Kier alpha value is -1.53. The van der Waals surface area contributed by atoms with Crippen LogP contribution in [-0.2, 0) is 15.6 Å². The second-order valence-corrected chi connectivity index (χ2v) is 11.7. The van der Waals surface area contributed by atoms with Crippen LogP contribution in [0.4, 0.5) is 4.39 Å². The average molecular weight is 392 g/mol. The van der Waals surface area contributed by atoms with E-state index < -0.39 is 9.04 Å². The van der Waals surface area contributed by atoms with Gasteiger partial charge in [-0.25, -0.2) is 4.39 Å². The molecule has 0 bridgehead atoms. The highest BCUT2D eigenvalue weighted by Gasteiger charge is 2.53. The number of ketones is 1. The van der Waals surface area contributed by atoms with Gasteiger partial charge < -0.3 is 9.74 Å². The summed E-state index contributed by atoms with van der Waals surface area (Å²) in [5.74, 6) is -0.901. The first-order valence-electron chi connectivity index (χ1n) is 9.84. The smallest absolute Gasteiger partial charge is 0.225 e. The maximum absolute atomic E-state index is 13.7. The molecule has 1 amide bonds. The fourth-order valence-corrected chi connectivity index (χ4v) is 4.96. The topological polar surface area (TPSA) is 55.4 Å². The van der Waals surface area contributed by atoms with Crippen LogP contribution in [0.25, 0.3) is 0 Å². The van der Waals surface area contributed by atoms with Crippen molar-refractivity contribution in [3.63, 3.8) is 0 Å². The SMILES string of the molecule is C[SiH](C)OC[C@H]([C@@H]1C(=O)N[C@@H]1[C@H]1CCc2ccc(F)cc2C1=O)C(C)(C)C. The lowest BCUT2D eigenvalue weighted by Gasteiger charge is -2.49. The summed E-state index contributed by atoms with van der Waals surface area (Å²) in [4.78, 5) is 25.5. The van der Waals surface area contributed by atoms with Crippen LogP contribution in [0, 0.1) is 29.0 Å². The van der Waals surface area contributed by atoms with E-state index in [4.69, 9.17) is 4.43 Å². The molecular formula is C21H30FNO3Si. The summed E-state index contributed by atoms with van der Waals surface area (Å²) in [7, 11) is -1.20. The van der Waals surface area contributed by atoms with E-state index in [1.54, 1.807) is 6.07 Å². The van der Waals surface area contributed by atoms with Gasteiger partial charge in [-0.2, -0.15) is 0 Å². The number of β-lactam (4-membered cyclic amide) rings is 1. The van der Waals surface area contributed by atoms with Crippen LogP contribution >= 0.6 is 0 Å². The molecular weight excluding hydrogens is 361 g/mol. The first-order valence-corrected chi connectivity index (χ1v) is 12.6. The zero-order valence-corrected chi connectivity index (χ0v) is 18.0. The zero-order valence-electron chi connectivity index (χ0n) is 16.8. The summed E-state index contributed by atoms with van der Waals surface area (Å²) >= 11 is 0. The van der Waals surface area contributed by atoms with Crippen molar-refractivity contribution < 1.29 is 18.4 Å². The van der Waals surface area contributed by atoms with E-state index in [-0.39, 0.29) is 46.7 Å². The molecule has 148 valence electrons. The fourth-order valence-electron chi connectivity index (χ4n) is 4.37. The van der Waals surface area contributed by atoms with Gasteiger partial charge >= 0.3 is 0 Å². The Balaban J connectivity index is 1.84. The average Bonchev–Trinajstić information content (AvgIpc) is 2.56. The van der Waals surface area contributed by atoms with Crippen molar-refractivity contribution >= 4 is 20.7 Å². The molecule has 27 heavy (non-hydrogen) atoms. The number of Topliss-reactive ketones (excluding diaryl/α,β-unsaturated/α-hetero) is 1. The predicted octanol–water partition coefficient (Wildman–Crippen LogP) is 3.35. The number of hydrogen-bond donors (Lipinski definition) is 1. The summed E-state index contributed by atoms with van der Waals surface area (Å²) in [5, 5.41) is 2.98. The number of carbonyl (C=O) groups is 2. The van der Waals surface area contributed by atoms with E-state index in [0.717, 1.165) is 12.0 Å². The summed E-state index contributed by atoms with van der Waals surface area (Å²) in [5.41, 5.74) is 1.27. The highest BCUT2D eigenvalue weighted by atomic mass is 28.3. The van der Waals surface area contributed by atoms with Crippen LogP contribution in [-0.4, -0.2) is 33.4 Å². The third-order valence-electron chi connectivity index (χ3n) is 5.99. The molecule has 2 aliphatic rings. The summed E-state index contributed by atoms with van der Waals surface area (Å²) in [6, 6.07) is 4.26. The van der Waals surface area contributed by atoms with Crippen LogP contribution in [0.2, 0.25) is 13.1 Å². The van der Waals surface area contributed by atoms with Gasteiger partial charge in [-0.1, -0.05) is 26.8 Å². The Morgan fingerprint density at radius 1 is 1.30 bits per heavy atom.